The van der Waals surface area contributed by atoms with E-state index in [1.807, 2.05) is 24.3 Å². The van der Waals surface area contributed by atoms with Crippen LogP contribution in [0.25, 0.3) is 0 Å². The highest BCUT2D eigenvalue weighted by Crippen LogP contribution is 2.35. The molecule has 1 saturated heterocycles. The third kappa shape index (κ3) is 3.20. The van der Waals surface area contributed by atoms with Gasteiger partial charge < -0.3 is 20.7 Å². The van der Waals surface area contributed by atoms with Crippen molar-refractivity contribution in [3.05, 3.63) is 54.1 Å². The van der Waals surface area contributed by atoms with Gasteiger partial charge in [0.2, 0.25) is 0 Å². The monoisotopic (exact) mass is 336 g/mol. The van der Waals surface area contributed by atoms with Crippen molar-refractivity contribution in [3.63, 3.8) is 0 Å². The van der Waals surface area contributed by atoms with Crippen molar-refractivity contribution in [1.29, 1.82) is 0 Å². The lowest BCUT2D eigenvalue weighted by Crippen LogP contribution is -2.57. The highest BCUT2D eigenvalue weighted by molar-refractivity contribution is 6.09. The van der Waals surface area contributed by atoms with Gasteiger partial charge in [-0.1, -0.05) is 24.3 Å². The van der Waals surface area contributed by atoms with Crippen molar-refractivity contribution < 1.29 is 4.74 Å². The van der Waals surface area contributed by atoms with Gasteiger partial charge in [-0.05, 0) is 55.8 Å². The molecule has 25 heavy (non-hydrogen) atoms. The van der Waals surface area contributed by atoms with Crippen LogP contribution in [0.4, 0.5) is 11.4 Å². The van der Waals surface area contributed by atoms with Crippen molar-refractivity contribution >= 4 is 17.2 Å². The molecule has 0 amide bonds. The molecule has 2 aromatic carbocycles. The fourth-order valence-corrected chi connectivity index (χ4v) is 3.61. The highest BCUT2D eigenvalue weighted by atomic mass is 16.5. The summed E-state index contributed by atoms with van der Waals surface area (Å²) in [6, 6.07) is 16.4. The van der Waals surface area contributed by atoms with Crippen LogP contribution in [0.5, 0.6) is 5.75 Å². The second kappa shape index (κ2) is 6.76. The number of methoxy groups -OCH3 is 1. The summed E-state index contributed by atoms with van der Waals surface area (Å²) in [5, 5.41) is 10.8. The topological polar surface area (TPSA) is 57.7 Å². The molecule has 2 aliphatic rings. The van der Waals surface area contributed by atoms with Gasteiger partial charge in [0.05, 0.1) is 30.6 Å². The minimum absolute atomic E-state index is 0.113. The Balaban J connectivity index is 1.65. The van der Waals surface area contributed by atoms with Gasteiger partial charge in [-0.3, -0.25) is 4.99 Å². The van der Waals surface area contributed by atoms with Crippen molar-refractivity contribution in [2.45, 2.75) is 24.9 Å². The maximum absolute atomic E-state index is 5.32. The number of piperidine rings is 1. The van der Waals surface area contributed by atoms with E-state index in [1.165, 1.54) is 0 Å². The lowest BCUT2D eigenvalue weighted by atomic mass is 9.84. The Morgan fingerprint density at radius 3 is 2.64 bits per heavy atom. The predicted molar refractivity (Wildman–Crippen MR) is 103 cm³/mol. The van der Waals surface area contributed by atoms with Crippen LogP contribution in [-0.2, 0) is 6.54 Å². The third-order valence-electron chi connectivity index (χ3n) is 5.02. The van der Waals surface area contributed by atoms with Crippen LogP contribution in [-0.4, -0.2) is 31.6 Å². The molecule has 5 nitrogen and oxygen atoms in total. The zero-order valence-electron chi connectivity index (χ0n) is 14.5. The first-order valence-corrected chi connectivity index (χ1v) is 8.82. The molecule has 3 N–H and O–H groups in total. The number of nitrogens with zero attached hydrogens (tertiary/aromatic N) is 1. The summed E-state index contributed by atoms with van der Waals surface area (Å²) in [4.78, 5) is 4.96. The Kier molecular flexibility index (Phi) is 4.32. The standard InChI is InChI=1S/C20H24N4O/c1-25-16-6-4-5-15(13-16)14-22-19-20(9-11-21-12-10-20)24-18-8-3-2-7-17(18)23-19/h2-8,13,21,24H,9-12,14H2,1H3,(H,22,23). The fraction of sp³-hybridized carbons (Fsp3) is 0.350. The average molecular weight is 336 g/mol. The molecule has 0 bridgehead atoms. The van der Waals surface area contributed by atoms with Crippen LogP contribution in [0.3, 0.4) is 0 Å². The maximum Gasteiger partial charge on any atom is 0.127 e. The van der Waals surface area contributed by atoms with E-state index in [4.69, 9.17) is 9.73 Å². The molecule has 0 unspecified atom stereocenters. The Labute approximate surface area is 148 Å². The lowest BCUT2D eigenvalue weighted by molar-refractivity contribution is 0.414. The number of benzene rings is 2. The number of para-hydroxylation sites is 2. The number of ether oxygens (including phenoxy) is 1. The first-order chi connectivity index (χ1) is 12.3. The van der Waals surface area contributed by atoms with E-state index in [0.717, 1.165) is 54.5 Å². The lowest BCUT2D eigenvalue weighted by Gasteiger charge is -2.44. The maximum atomic E-state index is 5.32. The van der Waals surface area contributed by atoms with Crippen LogP contribution >= 0.6 is 0 Å². The van der Waals surface area contributed by atoms with E-state index < -0.39 is 0 Å². The van der Waals surface area contributed by atoms with Crippen LogP contribution in [0, 0.1) is 0 Å². The van der Waals surface area contributed by atoms with Crippen LogP contribution in [0.15, 0.2) is 53.5 Å². The smallest absolute Gasteiger partial charge is 0.127 e. The zero-order valence-corrected chi connectivity index (χ0v) is 14.5. The average Bonchev–Trinajstić information content (AvgIpc) is 2.67. The molecule has 2 heterocycles. The van der Waals surface area contributed by atoms with Gasteiger partial charge in [-0.2, -0.15) is 0 Å². The molecule has 0 aliphatic carbocycles. The van der Waals surface area contributed by atoms with Crippen molar-refractivity contribution in [1.82, 2.24) is 5.32 Å². The van der Waals surface area contributed by atoms with Gasteiger partial charge in [-0.15, -0.1) is 0 Å². The summed E-state index contributed by atoms with van der Waals surface area (Å²) < 4.78 is 5.32. The Morgan fingerprint density at radius 2 is 1.84 bits per heavy atom. The minimum Gasteiger partial charge on any atom is -0.497 e. The third-order valence-corrected chi connectivity index (χ3v) is 5.02. The molecular weight excluding hydrogens is 312 g/mol. The summed E-state index contributed by atoms with van der Waals surface area (Å²) in [6.07, 6.45) is 2.04. The van der Waals surface area contributed by atoms with E-state index in [0.29, 0.717) is 6.54 Å². The summed E-state index contributed by atoms with van der Waals surface area (Å²) in [5.41, 5.74) is 3.29. The molecule has 1 spiro atoms. The number of amidine groups is 1. The molecular formula is C20H24N4O. The van der Waals surface area contributed by atoms with Gasteiger partial charge in [0.1, 0.15) is 11.6 Å². The minimum atomic E-state index is -0.113. The first-order valence-electron chi connectivity index (χ1n) is 8.82. The normalized spacial score (nSPS) is 19.8. The summed E-state index contributed by atoms with van der Waals surface area (Å²) >= 11 is 0. The number of hydrogen-bond acceptors (Lipinski definition) is 4. The van der Waals surface area contributed by atoms with E-state index in [2.05, 4.69) is 40.2 Å². The molecule has 0 radical (unpaired) electrons. The number of nitrogens with one attached hydrogen (secondary N) is 3. The highest BCUT2D eigenvalue weighted by Gasteiger charge is 2.40. The number of rotatable bonds is 3. The van der Waals surface area contributed by atoms with E-state index in [9.17, 15) is 0 Å². The Bertz CT molecular complexity index is 781. The Hall–Kier alpha value is -2.53. The zero-order chi connectivity index (χ0) is 17.1. The van der Waals surface area contributed by atoms with Gasteiger partial charge in [0, 0.05) is 0 Å². The van der Waals surface area contributed by atoms with E-state index in [1.54, 1.807) is 7.11 Å². The van der Waals surface area contributed by atoms with Gasteiger partial charge in [0.25, 0.3) is 0 Å². The molecule has 0 aromatic heterocycles. The summed E-state index contributed by atoms with van der Waals surface area (Å²) in [7, 11) is 1.69. The van der Waals surface area contributed by atoms with Gasteiger partial charge in [0.15, 0.2) is 0 Å². The van der Waals surface area contributed by atoms with E-state index in [-0.39, 0.29) is 5.54 Å². The van der Waals surface area contributed by atoms with Gasteiger partial charge in [-0.25, -0.2) is 0 Å². The van der Waals surface area contributed by atoms with Crippen LogP contribution in [0.1, 0.15) is 18.4 Å². The Morgan fingerprint density at radius 1 is 1.04 bits per heavy atom. The quantitative estimate of drug-likeness (QED) is 0.805. The van der Waals surface area contributed by atoms with Gasteiger partial charge >= 0.3 is 0 Å². The molecule has 4 rings (SSSR count). The molecule has 2 aromatic rings. The predicted octanol–water partition coefficient (Wildman–Crippen LogP) is 3.25. The number of fused-ring (bicyclic) bond motifs is 1. The fourth-order valence-electron chi connectivity index (χ4n) is 3.61. The molecule has 0 atom stereocenters. The second-order valence-electron chi connectivity index (χ2n) is 6.64. The largest absolute Gasteiger partial charge is 0.497 e. The molecule has 130 valence electrons. The summed E-state index contributed by atoms with van der Waals surface area (Å²) in [5.74, 6) is 1.91. The molecule has 1 fully saturated rings. The number of hydrogen-bond donors (Lipinski definition) is 3. The van der Waals surface area contributed by atoms with Crippen molar-refractivity contribution in [3.8, 4) is 5.75 Å². The second-order valence-corrected chi connectivity index (χ2v) is 6.64. The molecule has 0 saturated carbocycles. The molecule has 2 aliphatic heterocycles. The van der Waals surface area contributed by atoms with E-state index >= 15 is 0 Å². The SMILES string of the molecule is COc1cccc(CN=C2Nc3ccccc3NC23CCNCC3)c1. The van der Waals surface area contributed by atoms with Crippen molar-refractivity contribution in [2.24, 2.45) is 4.99 Å². The number of anilines is 2. The van der Waals surface area contributed by atoms with Crippen LogP contribution in [0.2, 0.25) is 0 Å². The first kappa shape index (κ1) is 16.0. The molecule has 5 heteroatoms. The summed E-state index contributed by atoms with van der Waals surface area (Å²) in [6.45, 7) is 2.63. The number of aliphatic imine (C=N–C) groups is 1. The van der Waals surface area contributed by atoms with Crippen LogP contribution < -0.4 is 20.7 Å². The van der Waals surface area contributed by atoms with Crippen molar-refractivity contribution in [2.75, 3.05) is 30.8 Å².